The van der Waals surface area contributed by atoms with E-state index in [4.69, 9.17) is 16.7 Å². The van der Waals surface area contributed by atoms with Gasteiger partial charge in [0.15, 0.2) is 5.82 Å². The second kappa shape index (κ2) is 12.0. The van der Waals surface area contributed by atoms with E-state index in [9.17, 15) is 9.59 Å². The maximum absolute atomic E-state index is 13.1. The van der Waals surface area contributed by atoms with Crippen LogP contribution in [0.3, 0.4) is 0 Å². The van der Waals surface area contributed by atoms with Crippen molar-refractivity contribution in [3.8, 4) is 11.4 Å². The molecule has 5 rings (SSSR count). The highest BCUT2D eigenvalue weighted by Gasteiger charge is 2.30. The van der Waals surface area contributed by atoms with Gasteiger partial charge in [0.2, 0.25) is 11.8 Å². The molecule has 0 unspecified atom stereocenters. The van der Waals surface area contributed by atoms with Gasteiger partial charge in [-0.05, 0) is 68.4 Å². The van der Waals surface area contributed by atoms with Gasteiger partial charge in [-0.25, -0.2) is 0 Å². The van der Waals surface area contributed by atoms with Crippen molar-refractivity contribution >= 4 is 67.8 Å². The quantitative estimate of drug-likeness (QED) is 0.191. The maximum Gasteiger partial charge on any atom is 0.295 e. The zero-order valence-electron chi connectivity index (χ0n) is 21.8. The summed E-state index contributed by atoms with van der Waals surface area (Å²) >= 11 is 8.59. The highest BCUT2D eigenvalue weighted by molar-refractivity contribution is 9.10. The van der Waals surface area contributed by atoms with Crippen LogP contribution in [0.5, 0.6) is 0 Å². The number of fused-ring (bicyclic) bond motifs is 3. The van der Waals surface area contributed by atoms with Gasteiger partial charge in [-0.1, -0.05) is 71.7 Å². The van der Waals surface area contributed by atoms with E-state index in [0.717, 1.165) is 20.8 Å². The van der Waals surface area contributed by atoms with Crippen LogP contribution in [0.25, 0.3) is 22.2 Å². The first kappa shape index (κ1) is 27.7. The van der Waals surface area contributed by atoms with Crippen molar-refractivity contribution in [2.24, 2.45) is 0 Å². The Morgan fingerprint density at radius 1 is 1.05 bits per heavy atom. The minimum Gasteiger partial charge on any atom is -0.324 e. The monoisotopic (exact) mass is 595 g/mol. The first-order valence-corrected chi connectivity index (χ1v) is 13.7. The Morgan fingerprint density at radius 2 is 1.79 bits per heavy atom. The van der Waals surface area contributed by atoms with E-state index in [1.807, 2.05) is 49.4 Å². The van der Waals surface area contributed by atoms with Gasteiger partial charge >= 0.3 is 0 Å². The number of halogens is 1. The molecule has 38 heavy (non-hydrogen) atoms. The number of H-pyrrole nitrogens is 1. The van der Waals surface area contributed by atoms with Crippen LogP contribution < -0.4 is 10.2 Å². The van der Waals surface area contributed by atoms with Crippen molar-refractivity contribution < 1.29 is 14.1 Å². The van der Waals surface area contributed by atoms with Crippen LogP contribution in [0.15, 0.2) is 57.5 Å². The van der Waals surface area contributed by atoms with Crippen molar-refractivity contribution in [1.82, 2.24) is 15.0 Å². The molecule has 0 spiro atoms. The average Bonchev–Trinajstić information content (AvgIpc) is 3.29. The second-order valence-corrected chi connectivity index (χ2v) is 10.1. The van der Waals surface area contributed by atoms with Crippen LogP contribution in [0.2, 0.25) is 0 Å². The molecule has 0 atom stereocenters. The van der Waals surface area contributed by atoms with Gasteiger partial charge in [-0.3, -0.25) is 19.5 Å². The molecule has 10 heteroatoms. The molecule has 2 amide bonds. The number of anilines is 3. The second-order valence-electron chi connectivity index (χ2n) is 8.87. The number of carbonyl (C=O) groups is 2. The highest BCUT2D eigenvalue weighted by atomic mass is 79.9. The summed E-state index contributed by atoms with van der Waals surface area (Å²) in [6.45, 7) is 12.1. The third-order valence-electron chi connectivity index (χ3n) is 6.45. The summed E-state index contributed by atoms with van der Waals surface area (Å²) in [6.07, 6.45) is -0.268. The third kappa shape index (κ3) is 5.87. The molecule has 0 saturated heterocycles. The zero-order valence-corrected chi connectivity index (χ0v) is 24.2. The molecule has 0 aliphatic carbocycles. The molecule has 1 aliphatic heterocycles. The number of hydrogen-bond acceptors (Lipinski definition) is 6. The van der Waals surface area contributed by atoms with Gasteiger partial charge in [0.05, 0.1) is 11.4 Å². The summed E-state index contributed by atoms with van der Waals surface area (Å²) in [4.78, 5) is 32.6. The van der Waals surface area contributed by atoms with Crippen LogP contribution in [-0.4, -0.2) is 46.5 Å². The van der Waals surface area contributed by atoms with Gasteiger partial charge in [0, 0.05) is 21.1 Å². The average molecular weight is 597 g/mol. The van der Waals surface area contributed by atoms with Crippen molar-refractivity contribution in [3.63, 3.8) is 0 Å². The van der Waals surface area contributed by atoms with Gasteiger partial charge in [0.25, 0.3) is 4.84 Å². The number of benzene rings is 3. The Hall–Kier alpha value is -3.34. The number of amides is 2. The SMILES string of the molecule is CCN(CC)CC.Cc1ccc2c(Br)cc3c(c2c1)NC(=O)CC(=O)N3c1cccc(-c2noc(=S)[nH]2)c1. The van der Waals surface area contributed by atoms with Gasteiger partial charge < -0.3 is 14.7 Å². The van der Waals surface area contributed by atoms with Crippen molar-refractivity contribution in [2.75, 3.05) is 29.9 Å². The Labute approximate surface area is 235 Å². The van der Waals surface area contributed by atoms with Crippen LogP contribution in [-0.2, 0) is 9.59 Å². The van der Waals surface area contributed by atoms with E-state index in [1.54, 1.807) is 11.0 Å². The minimum atomic E-state index is -0.351. The summed E-state index contributed by atoms with van der Waals surface area (Å²) in [7, 11) is 0. The molecule has 2 N–H and O–H groups in total. The summed E-state index contributed by atoms with van der Waals surface area (Å²) in [5.41, 5.74) is 3.54. The fourth-order valence-electron chi connectivity index (χ4n) is 4.42. The molecule has 198 valence electrons. The number of rotatable bonds is 5. The summed E-state index contributed by atoms with van der Waals surface area (Å²) in [5.74, 6) is -0.227. The molecule has 0 radical (unpaired) electrons. The smallest absolute Gasteiger partial charge is 0.295 e. The molecule has 2 heterocycles. The number of aromatic amines is 1. The van der Waals surface area contributed by atoms with E-state index >= 15 is 0 Å². The Morgan fingerprint density at radius 3 is 2.42 bits per heavy atom. The Balaban J connectivity index is 0.000000426. The Kier molecular flexibility index (Phi) is 8.76. The summed E-state index contributed by atoms with van der Waals surface area (Å²) in [6, 6.07) is 15.1. The lowest BCUT2D eigenvalue weighted by atomic mass is 10.0. The zero-order chi connectivity index (χ0) is 27.4. The summed E-state index contributed by atoms with van der Waals surface area (Å²) in [5, 5.41) is 8.65. The van der Waals surface area contributed by atoms with Crippen LogP contribution >= 0.6 is 28.1 Å². The number of aromatic nitrogens is 2. The van der Waals surface area contributed by atoms with E-state index in [0.29, 0.717) is 28.5 Å². The molecule has 1 aliphatic rings. The third-order valence-corrected chi connectivity index (χ3v) is 7.28. The fraction of sp³-hybridized carbons (Fsp3) is 0.286. The van der Waals surface area contributed by atoms with Crippen LogP contribution in [0.1, 0.15) is 32.8 Å². The largest absolute Gasteiger partial charge is 0.324 e. The lowest BCUT2D eigenvalue weighted by molar-refractivity contribution is -0.124. The van der Waals surface area contributed by atoms with Crippen molar-refractivity contribution in [1.29, 1.82) is 0 Å². The lowest BCUT2D eigenvalue weighted by Crippen LogP contribution is -2.26. The first-order chi connectivity index (χ1) is 18.2. The molecule has 8 nitrogen and oxygen atoms in total. The predicted molar refractivity (Wildman–Crippen MR) is 157 cm³/mol. The minimum absolute atomic E-state index is 0.164. The maximum atomic E-state index is 13.1. The number of aryl methyl sites for hydroxylation is 1. The van der Waals surface area contributed by atoms with Gasteiger partial charge in [0.1, 0.15) is 6.42 Å². The van der Waals surface area contributed by atoms with E-state index in [-0.39, 0.29) is 23.1 Å². The fourth-order valence-corrected chi connectivity index (χ4v) is 5.12. The molecule has 0 bridgehead atoms. The number of hydrogen-bond donors (Lipinski definition) is 2. The molecule has 0 saturated carbocycles. The number of carbonyl (C=O) groups excluding carboxylic acids is 2. The van der Waals surface area contributed by atoms with E-state index < -0.39 is 0 Å². The Bertz CT molecular complexity index is 1540. The van der Waals surface area contributed by atoms with Crippen LogP contribution in [0, 0.1) is 11.8 Å². The van der Waals surface area contributed by atoms with E-state index in [1.165, 1.54) is 19.6 Å². The first-order valence-electron chi connectivity index (χ1n) is 12.5. The standard InChI is InChI=1S/C22H15BrN4O3S.C6H15N/c1-11-5-6-14-15(7-11)20-17(9-16(14)23)27(19(29)10-18(28)24-20)13-4-2-3-12(8-13)21-25-22(31)30-26-21;1-4-7(5-2)6-3/h2-9H,10H2,1H3,(H,24,28)(H,25,26,31);4-6H2,1-3H3. The number of nitrogens with zero attached hydrogens (tertiary/aromatic N) is 3. The molecule has 1 aromatic heterocycles. The van der Waals surface area contributed by atoms with Crippen LogP contribution in [0.4, 0.5) is 17.1 Å². The molecular formula is C28H30BrN5O3S. The topological polar surface area (TPSA) is 94.5 Å². The molecule has 3 aromatic carbocycles. The molecular weight excluding hydrogens is 566 g/mol. The van der Waals surface area contributed by atoms with Gasteiger partial charge in [-0.2, -0.15) is 0 Å². The van der Waals surface area contributed by atoms with E-state index in [2.05, 4.69) is 57.1 Å². The van der Waals surface area contributed by atoms with Crippen molar-refractivity contribution in [3.05, 3.63) is 63.4 Å². The predicted octanol–water partition coefficient (Wildman–Crippen LogP) is 6.98. The molecule has 0 fully saturated rings. The number of nitrogens with one attached hydrogen (secondary N) is 2. The molecule has 4 aromatic rings. The normalized spacial score (nSPS) is 13.2. The highest BCUT2D eigenvalue weighted by Crippen LogP contribution is 2.43. The lowest BCUT2D eigenvalue weighted by Gasteiger charge is -2.24. The van der Waals surface area contributed by atoms with Crippen molar-refractivity contribution in [2.45, 2.75) is 34.1 Å². The summed E-state index contributed by atoms with van der Waals surface area (Å²) < 4.78 is 5.78. The van der Waals surface area contributed by atoms with Gasteiger partial charge in [-0.15, -0.1) is 0 Å².